The monoisotopic (exact) mass is 472 g/mol. The van der Waals surface area contributed by atoms with Crippen LogP contribution in [0.2, 0.25) is 0 Å². The Morgan fingerprint density at radius 3 is 2.38 bits per heavy atom. The van der Waals surface area contributed by atoms with Crippen LogP contribution in [0, 0.1) is 28.8 Å². The number of esters is 2. The zero-order valence-electron chi connectivity index (χ0n) is 18.2. The summed E-state index contributed by atoms with van der Waals surface area (Å²) in [6, 6.07) is 6.47. The molecule has 0 saturated heterocycles. The molecule has 0 saturated carbocycles. The highest BCUT2D eigenvalue weighted by Gasteiger charge is 2.27. The highest BCUT2D eigenvalue weighted by Crippen LogP contribution is 2.26. The van der Waals surface area contributed by atoms with Crippen molar-refractivity contribution in [3.8, 4) is 6.07 Å². The van der Waals surface area contributed by atoms with E-state index in [2.05, 4.69) is 0 Å². The number of benzene rings is 2. The van der Waals surface area contributed by atoms with E-state index in [1.165, 1.54) is 24.5 Å². The lowest BCUT2D eigenvalue weighted by Gasteiger charge is -2.16. The van der Waals surface area contributed by atoms with Gasteiger partial charge in [-0.2, -0.15) is 5.26 Å². The van der Waals surface area contributed by atoms with E-state index >= 15 is 0 Å². The number of fused-ring (bicyclic) bond motifs is 1. The van der Waals surface area contributed by atoms with Gasteiger partial charge in [0.15, 0.2) is 5.92 Å². The third-order valence-corrected chi connectivity index (χ3v) is 5.01. The summed E-state index contributed by atoms with van der Waals surface area (Å²) in [6.45, 7) is 2.71. The Morgan fingerprint density at radius 2 is 1.76 bits per heavy atom. The van der Waals surface area contributed by atoms with Gasteiger partial charge in [-0.15, -0.1) is 0 Å². The third-order valence-electron chi connectivity index (χ3n) is 5.01. The number of hydrogen-bond donors (Lipinski definition) is 0. The molecule has 0 aliphatic rings. The van der Waals surface area contributed by atoms with Gasteiger partial charge < -0.3 is 14.0 Å². The number of carbonyl (C=O) groups is 2. The number of ether oxygens (including phenoxy) is 2. The highest BCUT2D eigenvalue weighted by atomic mass is 19.1. The van der Waals surface area contributed by atoms with E-state index in [0.717, 1.165) is 24.4 Å². The standard InChI is InChI=1S/C24H19F3N2O5/c1-3-33-23(31)17(10-28)15-9-21-16(8-20(15)27)22(30)18(24(32)34-4-2)12-29(21)11-13-5-6-14(25)7-19(13)26/h5-9,12,17H,3-4,11H2,1-2H3. The van der Waals surface area contributed by atoms with Crippen LogP contribution in [0.25, 0.3) is 10.9 Å². The predicted molar refractivity (Wildman–Crippen MR) is 115 cm³/mol. The Balaban J connectivity index is 2.30. The van der Waals surface area contributed by atoms with Gasteiger partial charge in [0.05, 0.1) is 31.3 Å². The first-order valence-corrected chi connectivity index (χ1v) is 10.3. The van der Waals surface area contributed by atoms with Crippen LogP contribution < -0.4 is 5.43 Å². The van der Waals surface area contributed by atoms with Crippen molar-refractivity contribution in [2.45, 2.75) is 26.3 Å². The number of nitrogens with zero attached hydrogens (tertiary/aromatic N) is 2. The molecular formula is C24H19F3N2O5. The fraction of sp³-hybridized carbons (Fsp3) is 0.250. The van der Waals surface area contributed by atoms with Crippen LogP contribution in [0.3, 0.4) is 0 Å². The van der Waals surface area contributed by atoms with Gasteiger partial charge in [0.2, 0.25) is 5.43 Å². The lowest BCUT2D eigenvalue weighted by molar-refractivity contribution is -0.143. The van der Waals surface area contributed by atoms with Crippen molar-refractivity contribution in [3.63, 3.8) is 0 Å². The molecule has 0 radical (unpaired) electrons. The Labute approximate surface area is 191 Å². The molecule has 0 N–H and O–H groups in total. The van der Waals surface area contributed by atoms with Crippen LogP contribution in [0.15, 0.2) is 41.3 Å². The number of hydrogen-bond acceptors (Lipinski definition) is 6. The molecule has 0 amide bonds. The summed E-state index contributed by atoms with van der Waals surface area (Å²) in [5.74, 6) is -6.29. The second-order valence-electron chi connectivity index (χ2n) is 7.16. The van der Waals surface area contributed by atoms with Gasteiger partial charge in [0.25, 0.3) is 0 Å². The van der Waals surface area contributed by atoms with E-state index in [0.29, 0.717) is 6.07 Å². The number of aromatic nitrogens is 1. The summed E-state index contributed by atoms with van der Waals surface area (Å²) in [6.07, 6.45) is 1.11. The third kappa shape index (κ3) is 4.78. The molecule has 1 aromatic heterocycles. The van der Waals surface area contributed by atoms with Crippen molar-refractivity contribution in [3.05, 3.63) is 80.9 Å². The molecule has 0 fully saturated rings. The van der Waals surface area contributed by atoms with Crippen molar-refractivity contribution in [1.82, 2.24) is 4.57 Å². The van der Waals surface area contributed by atoms with Gasteiger partial charge in [-0.3, -0.25) is 9.59 Å². The molecule has 3 rings (SSSR count). The van der Waals surface area contributed by atoms with Gasteiger partial charge in [-0.1, -0.05) is 6.07 Å². The number of halogens is 3. The minimum atomic E-state index is -1.62. The topological polar surface area (TPSA) is 98.4 Å². The van der Waals surface area contributed by atoms with E-state index in [4.69, 9.17) is 9.47 Å². The number of rotatable bonds is 7. The molecule has 3 aromatic rings. The fourth-order valence-corrected chi connectivity index (χ4v) is 3.44. The van der Waals surface area contributed by atoms with Gasteiger partial charge in [-0.25, -0.2) is 18.0 Å². The van der Waals surface area contributed by atoms with Crippen molar-refractivity contribution in [2.75, 3.05) is 13.2 Å². The number of pyridine rings is 1. The SMILES string of the molecule is CCOC(=O)c1cn(Cc2ccc(F)cc2F)c2cc(C(C#N)C(=O)OCC)c(F)cc2c1=O. The second kappa shape index (κ2) is 10.2. The Hall–Kier alpha value is -4.13. The predicted octanol–water partition coefficient (Wildman–Crippen LogP) is 3.81. The summed E-state index contributed by atoms with van der Waals surface area (Å²) in [4.78, 5) is 37.4. The lowest BCUT2D eigenvalue weighted by Crippen LogP contribution is -2.22. The maximum atomic E-state index is 15.0. The molecule has 176 valence electrons. The molecule has 0 aliphatic carbocycles. The maximum Gasteiger partial charge on any atom is 0.343 e. The minimum Gasteiger partial charge on any atom is -0.465 e. The first-order chi connectivity index (χ1) is 16.2. The highest BCUT2D eigenvalue weighted by molar-refractivity contribution is 5.94. The van der Waals surface area contributed by atoms with Crippen LogP contribution in [0.1, 0.15) is 41.3 Å². The van der Waals surface area contributed by atoms with Gasteiger partial charge in [-0.05, 0) is 32.0 Å². The number of nitriles is 1. The molecule has 7 nitrogen and oxygen atoms in total. The maximum absolute atomic E-state index is 15.0. The van der Waals surface area contributed by atoms with Crippen LogP contribution in [-0.2, 0) is 20.8 Å². The molecule has 0 aliphatic heterocycles. The quantitative estimate of drug-likeness (QED) is 0.485. The lowest BCUT2D eigenvalue weighted by atomic mass is 9.97. The van der Waals surface area contributed by atoms with Crippen molar-refractivity contribution >= 4 is 22.8 Å². The van der Waals surface area contributed by atoms with Crippen LogP contribution in [0.5, 0.6) is 0 Å². The van der Waals surface area contributed by atoms with E-state index in [-0.39, 0.29) is 41.8 Å². The molecule has 2 aromatic carbocycles. The fourth-order valence-electron chi connectivity index (χ4n) is 3.44. The molecular weight excluding hydrogens is 453 g/mol. The molecule has 1 atom stereocenters. The first-order valence-electron chi connectivity index (χ1n) is 10.3. The first kappa shape index (κ1) is 24.5. The zero-order chi connectivity index (χ0) is 25.0. The summed E-state index contributed by atoms with van der Waals surface area (Å²) < 4.78 is 53.6. The van der Waals surface area contributed by atoms with Gasteiger partial charge in [0, 0.05) is 28.8 Å². The van der Waals surface area contributed by atoms with Crippen LogP contribution in [0.4, 0.5) is 13.2 Å². The summed E-state index contributed by atoms with van der Waals surface area (Å²) in [7, 11) is 0. The van der Waals surface area contributed by atoms with Crippen molar-refractivity contribution < 1.29 is 32.2 Å². The minimum absolute atomic E-state index is 0.00857. The Kier molecular flexibility index (Phi) is 7.36. The second-order valence-corrected chi connectivity index (χ2v) is 7.16. The average molecular weight is 472 g/mol. The summed E-state index contributed by atoms with van der Waals surface area (Å²) in [5.41, 5.74) is -1.60. The normalized spacial score (nSPS) is 11.6. The van der Waals surface area contributed by atoms with Crippen molar-refractivity contribution in [2.24, 2.45) is 0 Å². The summed E-state index contributed by atoms with van der Waals surface area (Å²) in [5, 5.41) is 9.18. The molecule has 34 heavy (non-hydrogen) atoms. The van der Waals surface area contributed by atoms with Gasteiger partial charge >= 0.3 is 11.9 Å². The van der Waals surface area contributed by atoms with Gasteiger partial charge in [0.1, 0.15) is 23.0 Å². The van der Waals surface area contributed by atoms with E-state index in [9.17, 15) is 32.8 Å². The molecule has 0 spiro atoms. The summed E-state index contributed by atoms with van der Waals surface area (Å²) >= 11 is 0. The van der Waals surface area contributed by atoms with E-state index in [1.807, 2.05) is 0 Å². The molecule has 1 unspecified atom stereocenters. The molecule has 0 bridgehead atoms. The number of carbonyl (C=O) groups excluding carboxylic acids is 2. The zero-order valence-corrected chi connectivity index (χ0v) is 18.2. The Bertz CT molecular complexity index is 1380. The average Bonchev–Trinajstić information content (AvgIpc) is 2.78. The van der Waals surface area contributed by atoms with Crippen LogP contribution >= 0.6 is 0 Å². The smallest absolute Gasteiger partial charge is 0.343 e. The largest absolute Gasteiger partial charge is 0.465 e. The molecule has 1 heterocycles. The van der Waals surface area contributed by atoms with E-state index < -0.39 is 46.3 Å². The van der Waals surface area contributed by atoms with Crippen molar-refractivity contribution in [1.29, 1.82) is 5.26 Å². The Morgan fingerprint density at radius 1 is 1.06 bits per heavy atom. The van der Waals surface area contributed by atoms with E-state index in [1.54, 1.807) is 6.07 Å². The molecule has 10 heteroatoms. The van der Waals surface area contributed by atoms with Crippen LogP contribution in [-0.4, -0.2) is 29.7 Å².